The Bertz CT molecular complexity index is 804. The normalized spacial score (nSPS) is 10.2. The summed E-state index contributed by atoms with van der Waals surface area (Å²) in [7, 11) is 0. The van der Waals surface area contributed by atoms with Crippen LogP contribution in [0.4, 0.5) is 10.1 Å². The fraction of sp³-hybridized carbons (Fsp3) is 0.222. The first-order valence-corrected chi connectivity index (χ1v) is 8.29. The summed E-state index contributed by atoms with van der Waals surface area (Å²) in [5.74, 6) is -0.587. The summed E-state index contributed by atoms with van der Waals surface area (Å²) >= 11 is 11.7. The predicted octanol–water partition coefficient (Wildman–Crippen LogP) is 5.09. The number of amides is 1. The fourth-order valence-corrected chi connectivity index (χ4v) is 2.69. The van der Waals surface area contributed by atoms with Crippen molar-refractivity contribution in [3.8, 4) is 11.8 Å². The molecule has 0 aliphatic heterocycles. The standard InChI is InChI=1S/C18H15Cl2FN2O2/c1-2-25-13-6-4-12(5-7-13)23(9-3-8-22)18(24)14-10-17(21)16(20)11-15(14)19/h4-7,10-11H,2-3,9H2,1H3. The quantitative estimate of drug-likeness (QED) is 0.655. The smallest absolute Gasteiger partial charge is 0.259 e. The number of benzene rings is 2. The molecule has 0 spiro atoms. The molecule has 25 heavy (non-hydrogen) atoms. The Morgan fingerprint density at radius 2 is 1.92 bits per heavy atom. The number of carbonyl (C=O) groups excluding carboxylic acids is 1. The van der Waals surface area contributed by atoms with E-state index < -0.39 is 11.7 Å². The minimum absolute atomic E-state index is 0.0182. The number of carbonyl (C=O) groups is 1. The first-order valence-electron chi connectivity index (χ1n) is 7.54. The van der Waals surface area contributed by atoms with Gasteiger partial charge in [-0.15, -0.1) is 0 Å². The molecule has 2 aromatic rings. The Morgan fingerprint density at radius 3 is 2.52 bits per heavy atom. The summed E-state index contributed by atoms with van der Waals surface area (Å²) in [6.45, 7) is 2.54. The van der Waals surface area contributed by atoms with Crippen molar-refractivity contribution in [3.63, 3.8) is 0 Å². The highest BCUT2D eigenvalue weighted by Gasteiger charge is 2.22. The van der Waals surface area contributed by atoms with Crippen molar-refractivity contribution in [2.24, 2.45) is 0 Å². The lowest BCUT2D eigenvalue weighted by Gasteiger charge is -2.23. The van der Waals surface area contributed by atoms with E-state index in [0.29, 0.717) is 18.0 Å². The SMILES string of the molecule is CCOc1ccc(N(CCC#N)C(=O)c2cc(F)c(Cl)cc2Cl)cc1. The molecule has 4 nitrogen and oxygen atoms in total. The molecule has 1 amide bonds. The minimum atomic E-state index is -0.735. The van der Waals surface area contributed by atoms with Gasteiger partial charge in [-0.05, 0) is 43.3 Å². The molecule has 2 aromatic carbocycles. The molecule has 0 N–H and O–H groups in total. The second-order valence-corrected chi connectivity index (χ2v) is 5.85. The molecule has 130 valence electrons. The lowest BCUT2D eigenvalue weighted by atomic mass is 10.1. The van der Waals surface area contributed by atoms with Crippen LogP contribution in [0, 0.1) is 17.1 Å². The highest BCUT2D eigenvalue weighted by atomic mass is 35.5. The zero-order valence-corrected chi connectivity index (χ0v) is 14.9. The van der Waals surface area contributed by atoms with E-state index in [-0.39, 0.29) is 28.6 Å². The largest absolute Gasteiger partial charge is 0.494 e. The average Bonchev–Trinajstić information content (AvgIpc) is 2.60. The third-order valence-corrected chi connectivity index (χ3v) is 3.99. The second-order valence-electron chi connectivity index (χ2n) is 5.04. The Morgan fingerprint density at radius 1 is 1.24 bits per heavy atom. The van der Waals surface area contributed by atoms with E-state index in [2.05, 4.69) is 0 Å². The monoisotopic (exact) mass is 380 g/mol. The van der Waals surface area contributed by atoms with Gasteiger partial charge in [-0.1, -0.05) is 23.2 Å². The minimum Gasteiger partial charge on any atom is -0.494 e. The molecular formula is C18H15Cl2FN2O2. The number of halogens is 3. The van der Waals surface area contributed by atoms with Gasteiger partial charge < -0.3 is 9.64 Å². The Hall–Kier alpha value is -2.29. The summed E-state index contributed by atoms with van der Waals surface area (Å²) in [5, 5.41) is 8.74. The van der Waals surface area contributed by atoms with Crippen LogP contribution in [0.5, 0.6) is 5.75 Å². The summed E-state index contributed by atoms with van der Waals surface area (Å²) in [6, 6.07) is 11.0. The van der Waals surface area contributed by atoms with Gasteiger partial charge in [0.05, 0.1) is 34.7 Å². The maximum absolute atomic E-state index is 13.7. The van der Waals surface area contributed by atoms with Gasteiger partial charge in [0.25, 0.3) is 5.91 Å². The molecule has 0 atom stereocenters. The molecule has 0 heterocycles. The lowest BCUT2D eigenvalue weighted by molar-refractivity contribution is 0.0987. The van der Waals surface area contributed by atoms with Crippen LogP contribution in [-0.4, -0.2) is 19.1 Å². The maximum Gasteiger partial charge on any atom is 0.259 e. The van der Waals surface area contributed by atoms with E-state index in [4.69, 9.17) is 33.2 Å². The predicted molar refractivity (Wildman–Crippen MR) is 95.9 cm³/mol. The lowest BCUT2D eigenvalue weighted by Crippen LogP contribution is -2.32. The van der Waals surface area contributed by atoms with E-state index in [1.807, 2.05) is 13.0 Å². The molecule has 0 aliphatic rings. The highest BCUT2D eigenvalue weighted by molar-refractivity contribution is 6.37. The summed E-state index contributed by atoms with van der Waals surface area (Å²) < 4.78 is 19.1. The Balaban J connectivity index is 2.38. The van der Waals surface area contributed by atoms with E-state index in [9.17, 15) is 9.18 Å². The molecule has 0 radical (unpaired) electrons. The second kappa shape index (κ2) is 8.70. The molecule has 0 fully saturated rings. The van der Waals surface area contributed by atoms with Crippen molar-refractivity contribution < 1.29 is 13.9 Å². The van der Waals surface area contributed by atoms with Crippen molar-refractivity contribution in [3.05, 3.63) is 57.8 Å². The number of nitrogens with zero attached hydrogens (tertiary/aromatic N) is 2. The van der Waals surface area contributed by atoms with Crippen molar-refractivity contribution in [2.45, 2.75) is 13.3 Å². The number of ether oxygens (including phenoxy) is 1. The molecule has 0 aliphatic carbocycles. The van der Waals surface area contributed by atoms with Crippen LogP contribution in [-0.2, 0) is 0 Å². The molecule has 2 rings (SSSR count). The third kappa shape index (κ3) is 4.62. The van der Waals surface area contributed by atoms with Gasteiger partial charge in [-0.3, -0.25) is 4.79 Å². The fourth-order valence-electron chi connectivity index (χ4n) is 2.23. The topological polar surface area (TPSA) is 53.3 Å². The zero-order valence-electron chi connectivity index (χ0n) is 13.4. The van der Waals surface area contributed by atoms with Gasteiger partial charge in [0.15, 0.2) is 0 Å². The number of rotatable bonds is 6. The highest BCUT2D eigenvalue weighted by Crippen LogP contribution is 2.28. The van der Waals surface area contributed by atoms with Gasteiger partial charge in [0.1, 0.15) is 11.6 Å². The number of hydrogen-bond acceptors (Lipinski definition) is 3. The van der Waals surface area contributed by atoms with Gasteiger partial charge in [-0.25, -0.2) is 4.39 Å². The average molecular weight is 381 g/mol. The van der Waals surface area contributed by atoms with Crippen LogP contribution in [0.2, 0.25) is 10.0 Å². The number of nitriles is 1. The van der Waals surface area contributed by atoms with Crippen molar-refractivity contribution in [1.29, 1.82) is 5.26 Å². The molecule has 0 bridgehead atoms. The van der Waals surface area contributed by atoms with Crippen LogP contribution < -0.4 is 9.64 Å². The van der Waals surface area contributed by atoms with Gasteiger partial charge in [0, 0.05) is 12.2 Å². The summed E-state index contributed by atoms with van der Waals surface area (Å²) in [6.07, 6.45) is 0.118. The number of hydrogen-bond donors (Lipinski definition) is 0. The van der Waals surface area contributed by atoms with E-state index in [1.54, 1.807) is 24.3 Å². The Labute approximate surface area is 155 Å². The van der Waals surface area contributed by atoms with Crippen LogP contribution in [0.15, 0.2) is 36.4 Å². The Kier molecular flexibility index (Phi) is 6.63. The molecule has 0 unspecified atom stereocenters. The maximum atomic E-state index is 13.7. The van der Waals surface area contributed by atoms with Gasteiger partial charge >= 0.3 is 0 Å². The molecule has 0 saturated heterocycles. The molecule has 0 aromatic heterocycles. The molecule has 7 heteroatoms. The van der Waals surface area contributed by atoms with Gasteiger partial charge in [-0.2, -0.15) is 5.26 Å². The number of anilines is 1. The summed E-state index contributed by atoms with van der Waals surface area (Å²) in [4.78, 5) is 14.2. The van der Waals surface area contributed by atoms with Crippen LogP contribution >= 0.6 is 23.2 Å². The zero-order chi connectivity index (χ0) is 18.4. The van der Waals surface area contributed by atoms with E-state index in [1.165, 1.54) is 11.0 Å². The molecular weight excluding hydrogens is 366 g/mol. The molecule has 0 saturated carbocycles. The van der Waals surface area contributed by atoms with E-state index in [0.717, 1.165) is 6.07 Å². The van der Waals surface area contributed by atoms with E-state index >= 15 is 0 Å². The van der Waals surface area contributed by atoms with Crippen LogP contribution in [0.25, 0.3) is 0 Å². The van der Waals surface area contributed by atoms with Crippen molar-refractivity contribution in [1.82, 2.24) is 0 Å². The van der Waals surface area contributed by atoms with Gasteiger partial charge in [0.2, 0.25) is 0 Å². The van der Waals surface area contributed by atoms with Crippen LogP contribution in [0.3, 0.4) is 0 Å². The first-order chi connectivity index (χ1) is 12.0. The third-order valence-electron chi connectivity index (χ3n) is 3.39. The summed E-state index contributed by atoms with van der Waals surface area (Å²) in [5.41, 5.74) is 0.533. The first kappa shape index (κ1) is 19.0. The van der Waals surface area contributed by atoms with Crippen molar-refractivity contribution >= 4 is 34.8 Å². The van der Waals surface area contributed by atoms with Crippen molar-refractivity contribution in [2.75, 3.05) is 18.1 Å². The van der Waals surface area contributed by atoms with Crippen LogP contribution in [0.1, 0.15) is 23.7 Å².